The van der Waals surface area contributed by atoms with Gasteiger partial charge in [-0.2, -0.15) is 0 Å². The zero-order valence-electron chi connectivity index (χ0n) is 7.75. The van der Waals surface area contributed by atoms with Crippen molar-refractivity contribution in [2.24, 2.45) is 0 Å². The van der Waals surface area contributed by atoms with Crippen molar-refractivity contribution in [3.05, 3.63) is 23.3 Å². The van der Waals surface area contributed by atoms with E-state index in [1.54, 1.807) is 0 Å². The van der Waals surface area contributed by atoms with Crippen molar-refractivity contribution in [3.63, 3.8) is 0 Å². The molecule has 2 nitrogen and oxygen atoms in total. The van der Waals surface area contributed by atoms with Crippen molar-refractivity contribution in [3.8, 4) is 11.5 Å². The Morgan fingerprint density at radius 3 is 2.86 bits per heavy atom. The van der Waals surface area contributed by atoms with E-state index in [2.05, 4.69) is 28.1 Å². The second-order valence-corrected chi connectivity index (χ2v) is 4.39. The zero-order chi connectivity index (χ0) is 9.54. The molecule has 1 aromatic rings. The van der Waals surface area contributed by atoms with Gasteiger partial charge >= 0.3 is 0 Å². The molecule has 0 bridgehead atoms. The molecule has 0 radical (unpaired) electrons. The number of benzene rings is 1. The van der Waals surface area contributed by atoms with Crippen LogP contribution in [0, 0.1) is 0 Å². The van der Waals surface area contributed by atoms with Gasteiger partial charge in [-0.1, -0.05) is 22.0 Å². The number of ether oxygens (including phenoxy) is 2. The summed E-state index contributed by atoms with van der Waals surface area (Å²) in [5.74, 6) is 2.62. The highest BCUT2D eigenvalue weighted by atomic mass is 79.9. The molecule has 3 heteroatoms. The van der Waals surface area contributed by atoms with Crippen molar-refractivity contribution < 1.29 is 9.47 Å². The van der Waals surface area contributed by atoms with Crippen LogP contribution in [0.3, 0.4) is 0 Å². The van der Waals surface area contributed by atoms with E-state index in [1.165, 1.54) is 24.0 Å². The lowest BCUT2D eigenvalue weighted by Crippen LogP contribution is -1.94. The summed E-state index contributed by atoms with van der Waals surface area (Å²) >= 11 is 3.47. The molecular formula is C11H11BrO2. The normalized spacial score (nSPS) is 18.6. The molecule has 0 amide bonds. The summed E-state index contributed by atoms with van der Waals surface area (Å²) in [6.45, 7) is 0.376. The Kier molecular flexibility index (Phi) is 1.94. The van der Waals surface area contributed by atoms with Gasteiger partial charge in [-0.15, -0.1) is 0 Å². The summed E-state index contributed by atoms with van der Waals surface area (Å²) in [6.07, 6.45) is 2.59. The molecule has 1 aliphatic heterocycles. The van der Waals surface area contributed by atoms with E-state index in [9.17, 15) is 0 Å². The lowest BCUT2D eigenvalue weighted by molar-refractivity contribution is 0.173. The van der Waals surface area contributed by atoms with E-state index in [4.69, 9.17) is 9.47 Å². The average Bonchev–Trinajstić information content (AvgIpc) is 2.95. The topological polar surface area (TPSA) is 18.5 Å². The summed E-state index contributed by atoms with van der Waals surface area (Å²) in [4.78, 5) is 0. The zero-order valence-corrected chi connectivity index (χ0v) is 9.34. The van der Waals surface area contributed by atoms with Crippen LogP contribution >= 0.6 is 15.9 Å². The van der Waals surface area contributed by atoms with Crippen LogP contribution in [0.5, 0.6) is 11.5 Å². The fourth-order valence-corrected chi connectivity index (χ4v) is 2.20. The molecule has 2 aliphatic rings. The fraction of sp³-hybridized carbons (Fsp3) is 0.455. The Bertz CT molecular complexity index is 372. The second-order valence-electron chi connectivity index (χ2n) is 3.83. The van der Waals surface area contributed by atoms with Crippen LogP contribution in [0.1, 0.15) is 29.9 Å². The third-order valence-electron chi connectivity index (χ3n) is 2.73. The summed E-state index contributed by atoms with van der Waals surface area (Å²) < 4.78 is 10.9. The third-order valence-corrected chi connectivity index (χ3v) is 3.38. The molecule has 0 aromatic heterocycles. The van der Waals surface area contributed by atoms with Gasteiger partial charge in [0.15, 0.2) is 11.5 Å². The predicted molar refractivity (Wildman–Crippen MR) is 57.2 cm³/mol. The molecule has 0 unspecified atom stereocenters. The van der Waals surface area contributed by atoms with Gasteiger partial charge in [-0.3, -0.25) is 0 Å². The molecule has 1 heterocycles. The molecule has 1 fully saturated rings. The van der Waals surface area contributed by atoms with Gasteiger partial charge in [0.05, 0.1) is 0 Å². The maximum atomic E-state index is 5.49. The lowest BCUT2D eigenvalue weighted by Gasteiger charge is -2.06. The van der Waals surface area contributed by atoms with Crippen LogP contribution in [-0.4, -0.2) is 6.79 Å². The van der Waals surface area contributed by atoms with Crippen LogP contribution in [0.2, 0.25) is 0 Å². The van der Waals surface area contributed by atoms with Crippen molar-refractivity contribution >= 4 is 15.9 Å². The minimum atomic E-state index is 0.376. The van der Waals surface area contributed by atoms with E-state index in [-0.39, 0.29) is 0 Å². The third kappa shape index (κ3) is 1.31. The largest absolute Gasteiger partial charge is 0.454 e. The highest BCUT2D eigenvalue weighted by molar-refractivity contribution is 9.08. The summed E-state index contributed by atoms with van der Waals surface area (Å²) in [7, 11) is 0. The SMILES string of the molecule is BrCc1cc2c(c(C3CC3)c1)OCO2. The minimum absolute atomic E-state index is 0.376. The quantitative estimate of drug-likeness (QED) is 0.755. The van der Waals surface area contributed by atoms with E-state index >= 15 is 0 Å². The van der Waals surface area contributed by atoms with Gasteiger partial charge < -0.3 is 9.47 Å². The molecular weight excluding hydrogens is 244 g/mol. The Morgan fingerprint density at radius 2 is 2.14 bits per heavy atom. The van der Waals surface area contributed by atoms with Gasteiger partial charge in [-0.05, 0) is 30.4 Å². The smallest absolute Gasteiger partial charge is 0.231 e. The Hall–Kier alpha value is -0.700. The van der Waals surface area contributed by atoms with E-state index in [0.29, 0.717) is 12.7 Å². The highest BCUT2D eigenvalue weighted by Crippen LogP contribution is 2.49. The first-order valence-electron chi connectivity index (χ1n) is 4.87. The van der Waals surface area contributed by atoms with Crippen molar-refractivity contribution in [2.45, 2.75) is 24.1 Å². The van der Waals surface area contributed by atoms with E-state index in [0.717, 1.165) is 16.8 Å². The molecule has 1 aliphatic carbocycles. The average molecular weight is 255 g/mol. The predicted octanol–water partition coefficient (Wildman–Crippen LogP) is 3.19. The first-order chi connectivity index (χ1) is 6.88. The molecule has 1 saturated carbocycles. The van der Waals surface area contributed by atoms with Crippen LogP contribution in [0.25, 0.3) is 0 Å². The summed E-state index contributed by atoms with van der Waals surface area (Å²) in [5, 5.41) is 0.878. The van der Waals surface area contributed by atoms with Crippen LogP contribution in [0.15, 0.2) is 12.1 Å². The monoisotopic (exact) mass is 254 g/mol. The first kappa shape index (κ1) is 8.60. The molecule has 0 saturated heterocycles. The van der Waals surface area contributed by atoms with Crippen molar-refractivity contribution in [1.82, 2.24) is 0 Å². The Labute approximate surface area is 91.3 Å². The van der Waals surface area contributed by atoms with Crippen LogP contribution < -0.4 is 9.47 Å². The number of rotatable bonds is 2. The van der Waals surface area contributed by atoms with Crippen LogP contribution in [0.4, 0.5) is 0 Å². The molecule has 0 N–H and O–H groups in total. The molecule has 1 aromatic carbocycles. The van der Waals surface area contributed by atoms with E-state index < -0.39 is 0 Å². The molecule has 3 rings (SSSR count). The second kappa shape index (κ2) is 3.16. The molecule has 0 spiro atoms. The molecule has 14 heavy (non-hydrogen) atoms. The Balaban J connectivity index is 2.11. The number of hydrogen-bond acceptors (Lipinski definition) is 2. The fourth-order valence-electron chi connectivity index (χ4n) is 1.87. The van der Waals surface area contributed by atoms with Gasteiger partial charge in [0.1, 0.15) is 0 Å². The summed E-state index contributed by atoms with van der Waals surface area (Å²) in [6, 6.07) is 4.29. The summed E-state index contributed by atoms with van der Waals surface area (Å²) in [5.41, 5.74) is 2.62. The van der Waals surface area contributed by atoms with Gasteiger partial charge in [0, 0.05) is 10.9 Å². The van der Waals surface area contributed by atoms with Gasteiger partial charge in [-0.25, -0.2) is 0 Å². The van der Waals surface area contributed by atoms with Crippen LogP contribution in [-0.2, 0) is 5.33 Å². The lowest BCUT2D eigenvalue weighted by atomic mass is 10.1. The van der Waals surface area contributed by atoms with Crippen molar-refractivity contribution in [1.29, 1.82) is 0 Å². The van der Waals surface area contributed by atoms with E-state index in [1.807, 2.05) is 0 Å². The van der Waals surface area contributed by atoms with Crippen molar-refractivity contribution in [2.75, 3.05) is 6.79 Å². The number of halogens is 1. The standard InChI is InChI=1S/C11H11BrO2/c12-5-7-3-9(8-1-2-8)11-10(4-7)13-6-14-11/h3-4,8H,1-2,5-6H2. The maximum absolute atomic E-state index is 5.49. The number of hydrogen-bond donors (Lipinski definition) is 0. The van der Waals surface area contributed by atoms with Gasteiger partial charge in [0.2, 0.25) is 6.79 Å². The first-order valence-corrected chi connectivity index (χ1v) is 5.99. The minimum Gasteiger partial charge on any atom is -0.454 e. The Morgan fingerprint density at radius 1 is 1.29 bits per heavy atom. The number of fused-ring (bicyclic) bond motifs is 1. The number of alkyl halides is 1. The highest BCUT2D eigenvalue weighted by Gasteiger charge is 2.31. The maximum Gasteiger partial charge on any atom is 0.231 e. The molecule has 0 atom stereocenters. The van der Waals surface area contributed by atoms with Gasteiger partial charge in [0.25, 0.3) is 0 Å². The molecule has 74 valence electrons.